The summed E-state index contributed by atoms with van der Waals surface area (Å²) in [6.07, 6.45) is 0.631. The molecule has 1 amide bonds. The Morgan fingerprint density at radius 2 is 1.95 bits per heavy atom. The molecule has 0 saturated carbocycles. The number of carboxylic acids is 1. The highest BCUT2D eigenvalue weighted by Crippen LogP contribution is 2.14. The highest BCUT2D eigenvalue weighted by Gasteiger charge is 2.13. The van der Waals surface area contributed by atoms with Crippen molar-refractivity contribution in [2.24, 2.45) is 5.92 Å². The first-order valence-corrected chi connectivity index (χ1v) is 6.73. The van der Waals surface area contributed by atoms with Crippen molar-refractivity contribution in [1.29, 1.82) is 0 Å². The first-order valence-electron chi connectivity index (χ1n) is 6.73. The third-order valence-corrected chi connectivity index (χ3v) is 2.92. The molecule has 1 aromatic rings. The quantitative estimate of drug-likeness (QED) is 0.666. The van der Waals surface area contributed by atoms with E-state index in [1.165, 1.54) is 0 Å². The predicted molar refractivity (Wildman–Crippen MR) is 77.3 cm³/mol. The fraction of sp³-hybridized carbons (Fsp3) is 0.467. The molecule has 0 heterocycles. The van der Waals surface area contributed by atoms with Gasteiger partial charge in [-0.25, -0.2) is 4.79 Å². The fourth-order valence-electron chi connectivity index (χ4n) is 1.79. The molecule has 0 saturated heterocycles. The number of benzene rings is 1. The molecule has 1 unspecified atom stereocenters. The molecule has 0 aliphatic heterocycles. The van der Waals surface area contributed by atoms with E-state index in [9.17, 15) is 9.59 Å². The maximum absolute atomic E-state index is 11.9. The van der Waals surface area contributed by atoms with Crippen molar-refractivity contribution in [2.75, 3.05) is 26.9 Å². The molecule has 2 N–H and O–H groups in total. The zero-order valence-electron chi connectivity index (χ0n) is 12.3. The molecular weight excluding hydrogens is 274 g/mol. The van der Waals surface area contributed by atoms with Crippen LogP contribution in [-0.2, 0) is 20.7 Å². The standard InChI is InChI=1S/C15H21NO5/c1-11(9-12-3-5-13(20-2)6-4-12)15(19)16-7-8-21-10-14(17)18/h3-6,11H,7-10H2,1-2H3,(H,16,19)(H,17,18). The summed E-state index contributed by atoms with van der Waals surface area (Å²) in [4.78, 5) is 22.1. The highest BCUT2D eigenvalue weighted by molar-refractivity contribution is 5.78. The summed E-state index contributed by atoms with van der Waals surface area (Å²) in [5.74, 6) is -0.483. The van der Waals surface area contributed by atoms with Gasteiger partial charge in [0.05, 0.1) is 13.7 Å². The molecule has 0 aliphatic carbocycles. The van der Waals surface area contributed by atoms with Crippen molar-refractivity contribution < 1.29 is 24.2 Å². The number of carbonyl (C=O) groups is 2. The maximum Gasteiger partial charge on any atom is 0.329 e. The van der Waals surface area contributed by atoms with E-state index in [0.29, 0.717) is 13.0 Å². The molecule has 21 heavy (non-hydrogen) atoms. The number of amides is 1. The number of hydrogen-bond donors (Lipinski definition) is 2. The van der Waals surface area contributed by atoms with Crippen LogP contribution in [0.2, 0.25) is 0 Å². The highest BCUT2D eigenvalue weighted by atomic mass is 16.5. The Morgan fingerprint density at radius 1 is 1.29 bits per heavy atom. The number of carboxylic acid groups (broad SMARTS) is 1. The largest absolute Gasteiger partial charge is 0.497 e. The maximum atomic E-state index is 11.9. The van der Waals surface area contributed by atoms with E-state index in [1.54, 1.807) is 7.11 Å². The second-order valence-corrected chi connectivity index (χ2v) is 4.69. The van der Waals surface area contributed by atoms with Gasteiger partial charge < -0.3 is 19.9 Å². The Balaban J connectivity index is 2.28. The molecule has 0 radical (unpaired) electrons. The second-order valence-electron chi connectivity index (χ2n) is 4.69. The topological polar surface area (TPSA) is 84.9 Å². The van der Waals surface area contributed by atoms with Gasteiger partial charge in [0.25, 0.3) is 0 Å². The minimum Gasteiger partial charge on any atom is -0.497 e. The van der Waals surface area contributed by atoms with Crippen LogP contribution >= 0.6 is 0 Å². The molecule has 6 heteroatoms. The van der Waals surface area contributed by atoms with Gasteiger partial charge in [0, 0.05) is 12.5 Å². The zero-order chi connectivity index (χ0) is 15.7. The van der Waals surface area contributed by atoms with E-state index in [4.69, 9.17) is 14.6 Å². The van der Waals surface area contributed by atoms with Gasteiger partial charge in [0.1, 0.15) is 12.4 Å². The molecular formula is C15H21NO5. The van der Waals surface area contributed by atoms with Gasteiger partial charge in [0.2, 0.25) is 5.91 Å². The second kappa shape index (κ2) is 8.97. The first-order chi connectivity index (χ1) is 10.0. The van der Waals surface area contributed by atoms with Crippen molar-refractivity contribution in [3.8, 4) is 5.75 Å². The molecule has 6 nitrogen and oxygen atoms in total. The van der Waals surface area contributed by atoms with Crippen LogP contribution in [0.15, 0.2) is 24.3 Å². The lowest BCUT2D eigenvalue weighted by molar-refractivity contribution is -0.142. The molecule has 1 aromatic carbocycles. The lowest BCUT2D eigenvalue weighted by atomic mass is 10.0. The van der Waals surface area contributed by atoms with Gasteiger partial charge in [-0.15, -0.1) is 0 Å². The van der Waals surface area contributed by atoms with Crippen molar-refractivity contribution in [1.82, 2.24) is 5.32 Å². The minimum absolute atomic E-state index is 0.0789. The molecule has 0 bridgehead atoms. The Bertz CT molecular complexity index is 458. The SMILES string of the molecule is COc1ccc(CC(C)C(=O)NCCOCC(=O)O)cc1. The molecule has 1 rings (SSSR count). The van der Waals surface area contributed by atoms with Gasteiger partial charge in [-0.2, -0.15) is 0 Å². The van der Waals surface area contributed by atoms with Gasteiger partial charge >= 0.3 is 5.97 Å². The number of methoxy groups -OCH3 is 1. The number of hydrogen-bond acceptors (Lipinski definition) is 4. The number of ether oxygens (including phenoxy) is 2. The Hall–Kier alpha value is -2.08. The Labute approximate surface area is 124 Å². The summed E-state index contributed by atoms with van der Waals surface area (Å²) < 4.78 is 9.92. The van der Waals surface area contributed by atoms with E-state index < -0.39 is 5.97 Å². The van der Waals surface area contributed by atoms with Crippen LogP contribution in [0.5, 0.6) is 5.75 Å². The zero-order valence-corrected chi connectivity index (χ0v) is 12.3. The smallest absolute Gasteiger partial charge is 0.329 e. The number of carbonyl (C=O) groups excluding carboxylic acids is 1. The summed E-state index contributed by atoms with van der Waals surface area (Å²) in [6.45, 7) is 1.99. The number of aliphatic carboxylic acids is 1. The van der Waals surface area contributed by atoms with Gasteiger partial charge in [-0.05, 0) is 24.1 Å². The predicted octanol–water partition coefficient (Wildman–Crippen LogP) is 1.09. The summed E-state index contributed by atoms with van der Waals surface area (Å²) in [7, 11) is 1.61. The molecule has 116 valence electrons. The van der Waals surface area contributed by atoms with Gasteiger partial charge in [-0.1, -0.05) is 19.1 Å². The molecule has 0 aliphatic rings. The number of nitrogens with one attached hydrogen (secondary N) is 1. The van der Waals surface area contributed by atoms with E-state index in [-0.39, 0.29) is 25.0 Å². The van der Waals surface area contributed by atoms with Crippen molar-refractivity contribution in [3.63, 3.8) is 0 Å². The van der Waals surface area contributed by atoms with Crippen LogP contribution in [0.25, 0.3) is 0 Å². The summed E-state index contributed by atoms with van der Waals surface area (Å²) in [5.41, 5.74) is 1.06. The van der Waals surface area contributed by atoms with Crippen LogP contribution in [0.3, 0.4) is 0 Å². The van der Waals surface area contributed by atoms with E-state index in [0.717, 1.165) is 11.3 Å². The normalized spacial score (nSPS) is 11.7. The van der Waals surface area contributed by atoms with E-state index in [2.05, 4.69) is 5.32 Å². The minimum atomic E-state index is -1.02. The summed E-state index contributed by atoms with van der Waals surface area (Å²) in [6, 6.07) is 7.58. The van der Waals surface area contributed by atoms with Crippen LogP contribution in [0.4, 0.5) is 0 Å². The van der Waals surface area contributed by atoms with Crippen LogP contribution in [0, 0.1) is 5.92 Å². The summed E-state index contributed by atoms with van der Waals surface area (Å²) >= 11 is 0. The molecule has 0 fully saturated rings. The van der Waals surface area contributed by atoms with Crippen molar-refractivity contribution >= 4 is 11.9 Å². The lowest BCUT2D eigenvalue weighted by Gasteiger charge is -2.12. The van der Waals surface area contributed by atoms with Crippen molar-refractivity contribution in [3.05, 3.63) is 29.8 Å². The fourth-order valence-corrected chi connectivity index (χ4v) is 1.79. The van der Waals surface area contributed by atoms with Crippen molar-refractivity contribution in [2.45, 2.75) is 13.3 Å². The average Bonchev–Trinajstić information content (AvgIpc) is 2.47. The third kappa shape index (κ3) is 6.76. The monoisotopic (exact) mass is 295 g/mol. The third-order valence-electron chi connectivity index (χ3n) is 2.92. The summed E-state index contributed by atoms with van der Waals surface area (Å²) in [5, 5.41) is 11.1. The van der Waals surface area contributed by atoms with Crippen LogP contribution < -0.4 is 10.1 Å². The molecule has 1 atom stereocenters. The van der Waals surface area contributed by atoms with E-state index in [1.807, 2.05) is 31.2 Å². The lowest BCUT2D eigenvalue weighted by Crippen LogP contribution is -2.33. The van der Waals surface area contributed by atoms with Gasteiger partial charge in [0.15, 0.2) is 0 Å². The first kappa shape index (κ1) is 17.0. The van der Waals surface area contributed by atoms with Crippen LogP contribution in [-0.4, -0.2) is 43.9 Å². The average molecular weight is 295 g/mol. The number of rotatable bonds is 9. The molecule has 0 spiro atoms. The molecule has 0 aromatic heterocycles. The van der Waals surface area contributed by atoms with E-state index >= 15 is 0 Å². The van der Waals surface area contributed by atoms with Gasteiger partial charge in [-0.3, -0.25) is 4.79 Å². The Morgan fingerprint density at radius 3 is 2.52 bits per heavy atom. The van der Waals surface area contributed by atoms with Crippen LogP contribution in [0.1, 0.15) is 12.5 Å². The Kier molecular flexibility index (Phi) is 7.25.